The average molecular weight is 287 g/mol. The van der Waals surface area contributed by atoms with E-state index in [0.29, 0.717) is 13.0 Å². The number of hydrogen-bond donors (Lipinski definition) is 3. The minimum Gasteiger partial charge on any atom is -0.339 e. The Morgan fingerprint density at radius 1 is 1.33 bits per heavy atom. The van der Waals surface area contributed by atoms with Crippen molar-refractivity contribution in [2.75, 3.05) is 0 Å². The van der Waals surface area contributed by atoms with E-state index >= 15 is 0 Å². The molecular weight excluding hydrogens is 270 g/mol. The molecule has 1 amide bonds. The first kappa shape index (κ1) is 13.7. The van der Waals surface area contributed by atoms with E-state index in [1.807, 2.05) is 12.1 Å². The molecule has 0 bridgehead atoms. The predicted octanol–water partition coefficient (Wildman–Crippen LogP) is -0.255. The van der Waals surface area contributed by atoms with Crippen LogP contribution in [-0.2, 0) is 11.3 Å². The number of hydrazine groups is 1. The number of nitrogens with zero attached hydrogens (tertiary/aromatic N) is 4. The quantitative estimate of drug-likeness (QED) is 0.701. The van der Waals surface area contributed by atoms with Gasteiger partial charge in [-0.3, -0.25) is 14.5 Å². The maximum Gasteiger partial charge on any atom is 0.223 e. The van der Waals surface area contributed by atoms with E-state index < -0.39 is 0 Å². The van der Waals surface area contributed by atoms with E-state index in [0.717, 1.165) is 12.0 Å². The lowest BCUT2D eigenvalue weighted by molar-refractivity contribution is -0.122. The van der Waals surface area contributed by atoms with E-state index in [-0.39, 0.29) is 18.1 Å². The third-order valence-corrected chi connectivity index (χ3v) is 3.38. The lowest BCUT2D eigenvalue weighted by atomic mass is 10.1. The molecule has 1 aliphatic heterocycles. The highest BCUT2D eigenvalue weighted by Gasteiger charge is 2.25. The van der Waals surface area contributed by atoms with Gasteiger partial charge in [0.2, 0.25) is 5.91 Å². The zero-order valence-corrected chi connectivity index (χ0v) is 11.4. The van der Waals surface area contributed by atoms with Gasteiger partial charge in [-0.1, -0.05) is 0 Å². The van der Waals surface area contributed by atoms with Crippen LogP contribution in [-0.4, -0.2) is 31.8 Å². The van der Waals surface area contributed by atoms with Crippen LogP contribution in [0.15, 0.2) is 37.2 Å². The maximum absolute atomic E-state index is 11.9. The number of pyridine rings is 1. The average Bonchev–Trinajstić information content (AvgIpc) is 3.17. The van der Waals surface area contributed by atoms with Crippen molar-refractivity contribution in [3.05, 3.63) is 42.7 Å². The molecule has 1 aliphatic rings. The molecule has 0 saturated carbocycles. The molecule has 8 nitrogen and oxygen atoms in total. The predicted molar refractivity (Wildman–Crippen MR) is 74.4 cm³/mol. The van der Waals surface area contributed by atoms with E-state index in [9.17, 15) is 4.79 Å². The third-order valence-electron chi connectivity index (χ3n) is 3.38. The number of aromatic nitrogens is 4. The Labute approximate surface area is 122 Å². The molecule has 0 aromatic carbocycles. The second-order valence-corrected chi connectivity index (χ2v) is 4.89. The van der Waals surface area contributed by atoms with Crippen LogP contribution in [0.2, 0.25) is 0 Å². The number of aryl methyl sites for hydroxylation is 1. The van der Waals surface area contributed by atoms with Crippen LogP contribution >= 0.6 is 0 Å². The van der Waals surface area contributed by atoms with Gasteiger partial charge in [0.05, 0.1) is 12.7 Å². The van der Waals surface area contributed by atoms with Crippen LogP contribution in [0.25, 0.3) is 0 Å². The molecule has 8 heteroatoms. The number of carbonyl (C=O) groups is 1. The van der Waals surface area contributed by atoms with Crippen LogP contribution in [0.1, 0.15) is 24.4 Å². The molecule has 2 aromatic rings. The standard InChI is InChI=1S/C13H17N7O/c21-13(3-6-20-9-15-8-16-20)17-12-7-11(18-19-12)10-1-4-14-5-2-10/h1-2,4-5,8-9,11-12,18-19H,3,6-7H2,(H,17,21). The lowest BCUT2D eigenvalue weighted by Crippen LogP contribution is -2.44. The Morgan fingerprint density at radius 3 is 2.95 bits per heavy atom. The summed E-state index contributed by atoms with van der Waals surface area (Å²) in [5, 5.41) is 6.91. The SMILES string of the molecule is O=C(CCn1cncn1)NC1CC(c2ccncc2)NN1. The topological polar surface area (TPSA) is 96.8 Å². The molecule has 0 radical (unpaired) electrons. The second kappa shape index (κ2) is 6.42. The van der Waals surface area contributed by atoms with Gasteiger partial charge < -0.3 is 5.32 Å². The van der Waals surface area contributed by atoms with Crippen LogP contribution in [0.3, 0.4) is 0 Å². The van der Waals surface area contributed by atoms with Gasteiger partial charge in [0.1, 0.15) is 12.7 Å². The summed E-state index contributed by atoms with van der Waals surface area (Å²) in [6, 6.07) is 4.11. The summed E-state index contributed by atoms with van der Waals surface area (Å²) < 4.78 is 1.64. The molecule has 3 rings (SSSR count). The first-order valence-electron chi connectivity index (χ1n) is 6.84. The molecule has 2 atom stereocenters. The summed E-state index contributed by atoms with van der Waals surface area (Å²) in [6.45, 7) is 0.528. The molecule has 110 valence electrons. The molecular formula is C13H17N7O. The first-order valence-corrected chi connectivity index (χ1v) is 6.84. The Bertz CT molecular complexity index is 571. The molecule has 21 heavy (non-hydrogen) atoms. The minimum atomic E-state index is -0.0774. The molecule has 1 saturated heterocycles. The van der Waals surface area contributed by atoms with Crippen molar-refractivity contribution in [1.82, 2.24) is 35.9 Å². The molecule has 2 unspecified atom stereocenters. The zero-order valence-electron chi connectivity index (χ0n) is 11.4. The van der Waals surface area contributed by atoms with Crippen molar-refractivity contribution in [2.24, 2.45) is 0 Å². The van der Waals surface area contributed by atoms with E-state index in [2.05, 4.69) is 31.2 Å². The molecule has 0 aliphatic carbocycles. The Morgan fingerprint density at radius 2 is 2.19 bits per heavy atom. The first-order chi connectivity index (χ1) is 10.3. The fraction of sp³-hybridized carbons (Fsp3) is 0.385. The van der Waals surface area contributed by atoms with Gasteiger partial charge in [-0.25, -0.2) is 15.8 Å². The smallest absolute Gasteiger partial charge is 0.223 e. The number of nitrogens with one attached hydrogen (secondary N) is 3. The molecule has 1 fully saturated rings. The van der Waals surface area contributed by atoms with Crippen molar-refractivity contribution in [1.29, 1.82) is 0 Å². The van der Waals surface area contributed by atoms with Crippen molar-refractivity contribution in [3.63, 3.8) is 0 Å². The van der Waals surface area contributed by atoms with Crippen LogP contribution in [0.5, 0.6) is 0 Å². The lowest BCUT2D eigenvalue weighted by Gasteiger charge is -2.12. The number of amides is 1. The van der Waals surface area contributed by atoms with Gasteiger partial charge in [0, 0.05) is 31.3 Å². The zero-order chi connectivity index (χ0) is 14.5. The normalized spacial score (nSPS) is 21.3. The van der Waals surface area contributed by atoms with E-state index in [1.54, 1.807) is 23.4 Å². The van der Waals surface area contributed by atoms with E-state index in [1.165, 1.54) is 6.33 Å². The summed E-state index contributed by atoms with van der Waals surface area (Å²) in [4.78, 5) is 19.7. The minimum absolute atomic E-state index is 0.0137. The molecule has 2 aromatic heterocycles. The monoisotopic (exact) mass is 287 g/mol. The summed E-state index contributed by atoms with van der Waals surface area (Å²) in [5.41, 5.74) is 7.42. The Kier molecular flexibility index (Phi) is 4.17. The van der Waals surface area contributed by atoms with Crippen molar-refractivity contribution >= 4 is 5.91 Å². The van der Waals surface area contributed by atoms with Crippen molar-refractivity contribution in [2.45, 2.75) is 31.6 Å². The van der Waals surface area contributed by atoms with Crippen molar-refractivity contribution in [3.8, 4) is 0 Å². The van der Waals surface area contributed by atoms with E-state index in [4.69, 9.17) is 0 Å². The molecule has 3 heterocycles. The summed E-state index contributed by atoms with van der Waals surface area (Å²) in [7, 11) is 0. The number of hydrogen-bond acceptors (Lipinski definition) is 6. The molecule has 0 spiro atoms. The Hall–Kier alpha value is -2.32. The highest BCUT2D eigenvalue weighted by molar-refractivity contribution is 5.76. The van der Waals surface area contributed by atoms with Gasteiger partial charge in [0.25, 0.3) is 0 Å². The fourth-order valence-electron chi connectivity index (χ4n) is 2.30. The Balaban J connectivity index is 1.45. The van der Waals surface area contributed by atoms with Crippen molar-refractivity contribution < 1.29 is 4.79 Å². The van der Waals surface area contributed by atoms with Gasteiger partial charge in [-0.15, -0.1) is 0 Å². The van der Waals surface area contributed by atoms with Gasteiger partial charge in [-0.05, 0) is 17.7 Å². The highest BCUT2D eigenvalue weighted by atomic mass is 16.1. The summed E-state index contributed by atoms with van der Waals surface area (Å²) >= 11 is 0. The van der Waals surface area contributed by atoms with Crippen LogP contribution in [0.4, 0.5) is 0 Å². The third kappa shape index (κ3) is 3.61. The highest BCUT2D eigenvalue weighted by Crippen LogP contribution is 2.20. The maximum atomic E-state index is 11.9. The largest absolute Gasteiger partial charge is 0.339 e. The number of carbonyl (C=O) groups excluding carboxylic acids is 1. The summed E-state index contributed by atoms with van der Waals surface area (Å²) in [5.74, 6) is -0.0137. The van der Waals surface area contributed by atoms with Crippen LogP contribution < -0.4 is 16.2 Å². The fourth-order valence-corrected chi connectivity index (χ4v) is 2.30. The van der Waals surface area contributed by atoms with Gasteiger partial charge in [0.15, 0.2) is 0 Å². The second-order valence-electron chi connectivity index (χ2n) is 4.89. The van der Waals surface area contributed by atoms with Crippen LogP contribution in [0, 0.1) is 0 Å². The van der Waals surface area contributed by atoms with Gasteiger partial charge in [-0.2, -0.15) is 5.10 Å². The number of rotatable bonds is 5. The van der Waals surface area contributed by atoms with Gasteiger partial charge >= 0.3 is 0 Å². The summed E-state index contributed by atoms with van der Waals surface area (Å²) in [6.07, 6.45) is 7.68. The molecule has 3 N–H and O–H groups in total.